The molecule has 0 unspecified atom stereocenters. The number of hydrogen-bond acceptors (Lipinski definition) is 6. The van der Waals surface area contributed by atoms with Gasteiger partial charge in [0.1, 0.15) is 18.4 Å². The van der Waals surface area contributed by atoms with E-state index in [9.17, 15) is 14.9 Å². The van der Waals surface area contributed by atoms with Crippen molar-refractivity contribution in [1.29, 1.82) is 0 Å². The number of carboxylic acid groups (broad SMARTS) is 1. The van der Waals surface area contributed by atoms with Gasteiger partial charge < -0.3 is 14.9 Å². The second kappa shape index (κ2) is 6.64. The number of rotatable bonds is 7. The predicted molar refractivity (Wildman–Crippen MR) is 69.3 cm³/mol. The lowest BCUT2D eigenvalue weighted by Gasteiger charge is -2.24. The molecule has 19 heavy (non-hydrogen) atoms. The number of nitro groups is 1. The summed E-state index contributed by atoms with van der Waals surface area (Å²) in [7, 11) is 3.69. The molecular formula is C11H16N4O4. The van der Waals surface area contributed by atoms with Gasteiger partial charge in [-0.25, -0.2) is 0 Å². The summed E-state index contributed by atoms with van der Waals surface area (Å²) >= 11 is 0. The summed E-state index contributed by atoms with van der Waals surface area (Å²) in [6, 6.07) is 1.46. The first-order chi connectivity index (χ1) is 8.91. The van der Waals surface area contributed by atoms with Gasteiger partial charge in [0, 0.05) is 19.3 Å². The number of aromatic nitrogens is 1. The molecule has 8 nitrogen and oxygen atoms in total. The summed E-state index contributed by atoms with van der Waals surface area (Å²) in [5.41, 5.74) is 0.0757. The lowest BCUT2D eigenvalue weighted by atomic mass is 10.3. The van der Waals surface area contributed by atoms with Crippen molar-refractivity contribution in [2.45, 2.75) is 0 Å². The zero-order valence-corrected chi connectivity index (χ0v) is 10.8. The third kappa shape index (κ3) is 4.51. The van der Waals surface area contributed by atoms with E-state index >= 15 is 0 Å². The molecule has 1 aromatic rings. The van der Waals surface area contributed by atoms with E-state index in [4.69, 9.17) is 5.11 Å². The van der Waals surface area contributed by atoms with Gasteiger partial charge in [-0.1, -0.05) is 0 Å². The molecule has 0 aliphatic heterocycles. The fraction of sp³-hybridized carbons (Fsp3) is 0.455. The Hall–Kier alpha value is -2.22. The van der Waals surface area contributed by atoms with Crippen LogP contribution in [0.15, 0.2) is 18.5 Å². The second-order valence-corrected chi connectivity index (χ2v) is 4.24. The Morgan fingerprint density at radius 2 is 2.16 bits per heavy atom. The van der Waals surface area contributed by atoms with E-state index < -0.39 is 10.9 Å². The standard InChI is InChI=1S/C11H16N4O4/c1-13(2)5-6-14(8-11(16)17)9-3-4-12-7-10(9)15(18)19/h3-4,7H,5-6,8H2,1-2H3,(H,16,17). The van der Waals surface area contributed by atoms with E-state index in [-0.39, 0.29) is 17.9 Å². The minimum Gasteiger partial charge on any atom is -0.480 e. The molecule has 0 bridgehead atoms. The Balaban J connectivity index is 3.02. The molecule has 0 saturated heterocycles. The van der Waals surface area contributed by atoms with Crippen LogP contribution in [0.5, 0.6) is 0 Å². The highest BCUT2D eigenvalue weighted by Crippen LogP contribution is 2.26. The van der Waals surface area contributed by atoms with Crippen molar-refractivity contribution >= 4 is 17.3 Å². The molecule has 8 heteroatoms. The molecule has 0 atom stereocenters. The number of pyridine rings is 1. The molecule has 0 aromatic carbocycles. The number of aliphatic carboxylic acids is 1. The maximum Gasteiger partial charge on any atom is 0.323 e. The van der Waals surface area contributed by atoms with Gasteiger partial charge in [0.25, 0.3) is 0 Å². The maximum atomic E-state index is 10.9. The molecule has 0 radical (unpaired) electrons. The van der Waals surface area contributed by atoms with Gasteiger partial charge in [-0.2, -0.15) is 0 Å². The SMILES string of the molecule is CN(C)CCN(CC(=O)O)c1ccncc1[N+](=O)[O-]. The van der Waals surface area contributed by atoms with Gasteiger partial charge in [-0.3, -0.25) is 19.9 Å². The van der Waals surface area contributed by atoms with Crippen LogP contribution >= 0.6 is 0 Å². The predicted octanol–water partition coefficient (Wildman–Crippen LogP) is 0.442. The minimum absolute atomic E-state index is 0.192. The van der Waals surface area contributed by atoms with Crippen molar-refractivity contribution in [2.24, 2.45) is 0 Å². The van der Waals surface area contributed by atoms with Crippen molar-refractivity contribution in [1.82, 2.24) is 9.88 Å². The third-order valence-electron chi connectivity index (χ3n) is 2.46. The Morgan fingerprint density at radius 3 is 2.68 bits per heavy atom. The van der Waals surface area contributed by atoms with E-state index in [0.29, 0.717) is 13.1 Å². The van der Waals surface area contributed by atoms with Crippen molar-refractivity contribution < 1.29 is 14.8 Å². The molecule has 0 aliphatic rings. The van der Waals surface area contributed by atoms with Crippen LogP contribution in [0.3, 0.4) is 0 Å². The fourth-order valence-corrected chi connectivity index (χ4v) is 1.56. The molecule has 1 aromatic heterocycles. The number of anilines is 1. The van der Waals surface area contributed by atoms with Crippen LogP contribution in [0.25, 0.3) is 0 Å². The van der Waals surface area contributed by atoms with Crippen molar-refractivity contribution in [3.8, 4) is 0 Å². The molecule has 1 heterocycles. The summed E-state index contributed by atoms with van der Waals surface area (Å²) in [6.07, 6.45) is 2.53. The Morgan fingerprint density at radius 1 is 1.47 bits per heavy atom. The zero-order chi connectivity index (χ0) is 14.4. The van der Waals surface area contributed by atoms with E-state index in [2.05, 4.69) is 4.98 Å². The van der Waals surface area contributed by atoms with Crippen LogP contribution < -0.4 is 4.90 Å². The quantitative estimate of drug-likeness (QED) is 0.565. The Labute approximate surface area is 110 Å². The van der Waals surface area contributed by atoms with Gasteiger partial charge in [0.05, 0.1) is 4.92 Å². The smallest absolute Gasteiger partial charge is 0.323 e. The molecule has 0 saturated carbocycles. The highest BCUT2D eigenvalue weighted by molar-refractivity contribution is 5.75. The molecule has 0 aliphatic carbocycles. The largest absolute Gasteiger partial charge is 0.480 e. The second-order valence-electron chi connectivity index (χ2n) is 4.24. The minimum atomic E-state index is -1.04. The summed E-state index contributed by atoms with van der Waals surface area (Å²) in [4.78, 5) is 28.3. The highest BCUT2D eigenvalue weighted by Gasteiger charge is 2.21. The van der Waals surface area contributed by atoms with Crippen LogP contribution in [0.4, 0.5) is 11.4 Å². The van der Waals surface area contributed by atoms with Gasteiger partial charge in [0.15, 0.2) is 0 Å². The van der Waals surface area contributed by atoms with E-state index in [1.165, 1.54) is 17.2 Å². The van der Waals surface area contributed by atoms with Crippen LogP contribution in [0, 0.1) is 10.1 Å². The Kier molecular flexibility index (Phi) is 5.19. The first kappa shape index (κ1) is 14.8. The average Bonchev–Trinajstić information content (AvgIpc) is 2.33. The van der Waals surface area contributed by atoms with Crippen molar-refractivity contribution in [3.63, 3.8) is 0 Å². The molecular weight excluding hydrogens is 252 g/mol. The Bertz CT molecular complexity index is 464. The van der Waals surface area contributed by atoms with E-state index in [1.807, 2.05) is 19.0 Å². The molecule has 1 N–H and O–H groups in total. The maximum absolute atomic E-state index is 10.9. The topological polar surface area (TPSA) is 99.8 Å². The molecule has 1 rings (SSSR count). The summed E-state index contributed by atoms with van der Waals surface area (Å²) in [6.45, 7) is 0.676. The monoisotopic (exact) mass is 268 g/mol. The lowest BCUT2D eigenvalue weighted by molar-refractivity contribution is -0.384. The summed E-state index contributed by atoms with van der Waals surface area (Å²) in [5, 5.41) is 19.8. The number of likely N-dealkylation sites (N-methyl/N-ethyl adjacent to an activating group) is 1. The van der Waals surface area contributed by atoms with Crippen molar-refractivity contribution in [3.05, 3.63) is 28.6 Å². The molecule has 104 valence electrons. The summed E-state index contributed by atoms with van der Waals surface area (Å²) in [5.74, 6) is -1.04. The average molecular weight is 268 g/mol. The first-order valence-electron chi connectivity index (χ1n) is 5.61. The highest BCUT2D eigenvalue weighted by atomic mass is 16.6. The van der Waals surface area contributed by atoms with Gasteiger partial charge in [-0.05, 0) is 20.2 Å². The number of hydrogen-bond donors (Lipinski definition) is 1. The lowest BCUT2D eigenvalue weighted by Crippen LogP contribution is -2.36. The van der Waals surface area contributed by atoms with Crippen LogP contribution in [0.1, 0.15) is 0 Å². The molecule has 0 spiro atoms. The number of carboxylic acids is 1. The van der Waals surface area contributed by atoms with Gasteiger partial charge >= 0.3 is 11.7 Å². The van der Waals surface area contributed by atoms with Crippen LogP contribution in [-0.4, -0.2) is 59.6 Å². The normalized spacial score (nSPS) is 10.5. The van der Waals surface area contributed by atoms with Gasteiger partial charge in [-0.15, -0.1) is 0 Å². The third-order valence-corrected chi connectivity index (χ3v) is 2.46. The number of nitrogens with zero attached hydrogens (tertiary/aromatic N) is 4. The first-order valence-corrected chi connectivity index (χ1v) is 5.61. The van der Waals surface area contributed by atoms with Crippen LogP contribution in [0.2, 0.25) is 0 Å². The van der Waals surface area contributed by atoms with Crippen LogP contribution in [-0.2, 0) is 4.79 Å². The van der Waals surface area contributed by atoms with E-state index in [0.717, 1.165) is 6.20 Å². The van der Waals surface area contributed by atoms with Crippen molar-refractivity contribution in [2.75, 3.05) is 38.6 Å². The molecule has 0 amide bonds. The summed E-state index contributed by atoms with van der Waals surface area (Å²) < 4.78 is 0. The number of carbonyl (C=O) groups is 1. The fourth-order valence-electron chi connectivity index (χ4n) is 1.56. The zero-order valence-electron chi connectivity index (χ0n) is 10.8. The molecule has 0 fully saturated rings. The van der Waals surface area contributed by atoms with E-state index in [1.54, 1.807) is 0 Å². The van der Waals surface area contributed by atoms with Gasteiger partial charge in [0.2, 0.25) is 0 Å².